The molecular weight excluding hydrogens is 143 g/mol. The molecule has 1 nitrogen and oxygen atoms in total. The maximum Gasteiger partial charge on any atom is 0.430 e. The summed E-state index contributed by atoms with van der Waals surface area (Å²) in [5, 5.41) is 2.16. The molecule has 0 aromatic carbocycles. The van der Waals surface area contributed by atoms with Crippen LogP contribution in [0.3, 0.4) is 0 Å². The van der Waals surface area contributed by atoms with Crippen LogP contribution in [-0.4, -0.2) is 12.2 Å². The second-order valence-electron chi connectivity index (χ2n) is 2.28. The lowest BCUT2D eigenvalue weighted by Crippen LogP contribution is -2.30. The van der Waals surface area contributed by atoms with Crippen LogP contribution < -0.4 is 5.32 Å². The molecule has 1 N–H and O–H groups in total. The topological polar surface area (TPSA) is 12.0 Å². The smallest absolute Gasteiger partial charge is 0.379 e. The molecule has 4 heteroatoms. The van der Waals surface area contributed by atoms with Gasteiger partial charge in [0.05, 0.1) is 0 Å². The van der Waals surface area contributed by atoms with Crippen LogP contribution in [0.25, 0.3) is 0 Å². The van der Waals surface area contributed by atoms with E-state index in [0.29, 0.717) is 0 Å². The highest BCUT2D eigenvalue weighted by Crippen LogP contribution is 2.21. The largest absolute Gasteiger partial charge is 0.430 e. The zero-order chi connectivity index (χ0) is 8.36. The van der Waals surface area contributed by atoms with Crippen LogP contribution >= 0.6 is 0 Å². The Balaban J connectivity index is 3.87. The normalized spacial score (nSPS) is 11.8. The van der Waals surface area contributed by atoms with Crippen molar-refractivity contribution in [3.63, 3.8) is 0 Å². The number of allylic oxidation sites excluding steroid dienone is 1. The van der Waals surface area contributed by atoms with Gasteiger partial charge in [0.25, 0.3) is 0 Å². The van der Waals surface area contributed by atoms with E-state index < -0.39 is 11.9 Å². The van der Waals surface area contributed by atoms with Crippen LogP contribution in [0.5, 0.6) is 0 Å². The summed E-state index contributed by atoms with van der Waals surface area (Å²) < 4.78 is 34.9. The standard InChI is InChI=1S/C6H10F3N/c1-4(2)10-5(3)6(7,8)9/h4,10H,3H2,1-2H3. The minimum atomic E-state index is -4.32. The highest BCUT2D eigenvalue weighted by Gasteiger charge is 2.32. The van der Waals surface area contributed by atoms with Gasteiger partial charge >= 0.3 is 6.18 Å². The van der Waals surface area contributed by atoms with Gasteiger partial charge in [-0.1, -0.05) is 6.58 Å². The minimum Gasteiger partial charge on any atom is -0.379 e. The molecule has 0 aliphatic carbocycles. The Kier molecular flexibility index (Phi) is 2.75. The zero-order valence-corrected chi connectivity index (χ0v) is 5.92. The van der Waals surface area contributed by atoms with E-state index in [4.69, 9.17) is 0 Å². The number of alkyl halides is 3. The lowest BCUT2D eigenvalue weighted by Gasteiger charge is -2.14. The molecule has 0 fully saturated rings. The number of rotatable bonds is 2. The fraction of sp³-hybridized carbons (Fsp3) is 0.667. The molecule has 0 amide bonds. The average molecular weight is 153 g/mol. The first-order valence-corrected chi connectivity index (χ1v) is 2.86. The van der Waals surface area contributed by atoms with E-state index in [1.165, 1.54) is 0 Å². The summed E-state index contributed by atoms with van der Waals surface area (Å²) in [6.07, 6.45) is -4.32. The predicted octanol–water partition coefficient (Wildman–Crippen LogP) is 2.06. The number of hydrogen-bond donors (Lipinski definition) is 1. The van der Waals surface area contributed by atoms with Gasteiger partial charge in [-0.15, -0.1) is 0 Å². The quantitative estimate of drug-likeness (QED) is 0.640. The molecule has 0 radical (unpaired) electrons. The Morgan fingerprint density at radius 3 is 1.90 bits per heavy atom. The highest BCUT2D eigenvalue weighted by molar-refractivity contribution is 5.00. The summed E-state index contributed by atoms with van der Waals surface area (Å²) in [4.78, 5) is 0. The zero-order valence-electron chi connectivity index (χ0n) is 5.92. The van der Waals surface area contributed by atoms with Crippen molar-refractivity contribution in [2.45, 2.75) is 26.1 Å². The first kappa shape index (κ1) is 9.33. The third-order valence-electron chi connectivity index (χ3n) is 0.805. The monoisotopic (exact) mass is 153 g/mol. The molecule has 0 aromatic heterocycles. The van der Waals surface area contributed by atoms with Crippen molar-refractivity contribution in [1.82, 2.24) is 5.32 Å². The van der Waals surface area contributed by atoms with E-state index in [-0.39, 0.29) is 6.04 Å². The van der Waals surface area contributed by atoms with Crippen LogP contribution in [0, 0.1) is 0 Å². The van der Waals surface area contributed by atoms with E-state index in [1.54, 1.807) is 13.8 Å². The van der Waals surface area contributed by atoms with Gasteiger partial charge < -0.3 is 5.32 Å². The summed E-state index contributed by atoms with van der Waals surface area (Å²) in [5.41, 5.74) is -0.887. The first-order valence-electron chi connectivity index (χ1n) is 2.86. The molecule has 0 spiro atoms. The molecule has 10 heavy (non-hydrogen) atoms. The van der Waals surface area contributed by atoms with Crippen molar-refractivity contribution in [1.29, 1.82) is 0 Å². The SMILES string of the molecule is C=C(NC(C)C)C(F)(F)F. The van der Waals surface area contributed by atoms with E-state index in [9.17, 15) is 13.2 Å². The van der Waals surface area contributed by atoms with Gasteiger partial charge in [0.1, 0.15) is 5.70 Å². The highest BCUT2D eigenvalue weighted by atomic mass is 19.4. The van der Waals surface area contributed by atoms with Gasteiger partial charge in [0, 0.05) is 6.04 Å². The fourth-order valence-electron chi connectivity index (χ4n) is 0.430. The lowest BCUT2D eigenvalue weighted by molar-refractivity contribution is -0.0970. The van der Waals surface area contributed by atoms with Crippen LogP contribution in [0.2, 0.25) is 0 Å². The summed E-state index contributed by atoms with van der Waals surface area (Å²) >= 11 is 0. The predicted molar refractivity (Wildman–Crippen MR) is 33.5 cm³/mol. The van der Waals surface area contributed by atoms with E-state index in [1.807, 2.05) is 0 Å². The van der Waals surface area contributed by atoms with Gasteiger partial charge in [-0.05, 0) is 13.8 Å². The molecule has 0 unspecified atom stereocenters. The molecular formula is C6H10F3N. The molecule has 0 saturated heterocycles. The molecule has 0 atom stereocenters. The Labute approximate surface area is 57.9 Å². The average Bonchev–Trinajstić information content (AvgIpc) is 1.60. The van der Waals surface area contributed by atoms with E-state index in [2.05, 4.69) is 11.9 Å². The van der Waals surface area contributed by atoms with Crippen LogP contribution in [-0.2, 0) is 0 Å². The Morgan fingerprint density at radius 2 is 1.80 bits per heavy atom. The summed E-state index contributed by atoms with van der Waals surface area (Å²) in [6, 6.07) is -0.228. The summed E-state index contributed by atoms with van der Waals surface area (Å²) in [7, 11) is 0. The maximum absolute atomic E-state index is 11.6. The van der Waals surface area contributed by atoms with Crippen LogP contribution in [0.4, 0.5) is 13.2 Å². The molecule has 0 saturated carbocycles. The molecule has 0 heterocycles. The second-order valence-corrected chi connectivity index (χ2v) is 2.28. The molecule has 0 aliphatic rings. The van der Waals surface area contributed by atoms with Gasteiger partial charge in [0.15, 0.2) is 0 Å². The Morgan fingerprint density at radius 1 is 1.40 bits per heavy atom. The third kappa shape index (κ3) is 3.37. The maximum atomic E-state index is 11.6. The van der Waals surface area contributed by atoms with Gasteiger partial charge in [-0.3, -0.25) is 0 Å². The van der Waals surface area contributed by atoms with Gasteiger partial charge in [0.2, 0.25) is 0 Å². The molecule has 0 bridgehead atoms. The molecule has 0 aliphatic heterocycles. The molecule has 0 rings (SSSR count). The van der Waals surface area contributed by atoms with Crippen molar-refractivity contribution in [2.75, 3.05) is 0 Å². The molecule has 0 aromatic rings. The number of halogens is 3. The van der Waals surface area contributed by atoms with Crippen molar-refractivity contribution in [3.05, 3.63) is 12.3 Å². The van der Waals surface area contributed by atoms with Crippen LogP contribution in [0.1, 0.15) is 13.8 Å². The number of nitrogens with one attached hydrogen (secondary N) is 1. The van der Waals surface area contributed by atoms with Gasteiger partial charge in [-0.2, -0.15) is 13.2 Å². The van der Waals surface area contributed by atoms with E-state index >= 15 is 0 Å². The number of hydrogen-bond acceptors (Lipinski definition) is 1. The van der Waals surface area contributed by atoms with Gasteiger partial charge in [-0.25, -0.2) is 0 Å². The third-order valence-corrected chi connectivity index (χ3v) is 0.805. The minimum absolute atomic E-state index is 0.228. The second kappa shape index (κ2) is 2.94. The Bertz CT molecular complexity index is 125. The Hall–Kier alpha value is -0.670. The summed E-state index contributed by atoms with van der Waals surface area (Å²) in [6.45, 7) is 6.07. The van der Waals surface area contributed by atoms with Crippen molar-refractivity contribution >= 4 is 0 Å². The first-order chi connectivity index (χ1) is 4.34. The van der Waals surface area contributed by atoms with Crippen molar-refractivity contribution in [2.24, 2.45) is 0 Å². The molecule has 60 valence electrons. The van der Waals surface area contributed by atoms with Crippen LogP contribution in [0.15, 0.2) is 12.3 Å². The van der Waals surface area contributed by atoms with E-state index in [0.717, 1.165) is 0 Å². The summed E-state index contributed by atoms with van der Waals surface area (Å²) in [5.74, 6) is 0. The fourth-order valence-corrected chi connectivity index (χ4v) is 0.430. The van der Waals surface area contributed by atoms with Crippen molar-refractivity contribution in [3.8, 4) is 0 Å². The van der Waals surface area contributed by atoms with Crippen molar-refractivity contribution < 1.29 is 13.2 Å². The lowest BCUT2D eigenvalue weighted by atomic mass is 10.3.